The summed E-state index contributed by atoms with van der Waals surface area (Å²) in [7, 11) is 3.19. The molecule has 0 spiro atoms. The zero-order valence-corrected chi connectivity index (χ0v) is 14.5. The fraction of sp³-hybridized carbons (Fsp3) is 0.412. The van der Waals surface area contributed by atoms with E-state index in [2.05, 4.69) is 9.97 Å². The van der Waals surface area contributed by atoms with Gasteiger partial charge in [-0.3, -0.25) is 0 Å². The topological polar surface area (TPSA) is 47.5 Å². The summed E-state index contributed by atoms with van der Waals surface area (Å²) < 4.78 is 49.8. The van der Waals surface area contributed by atoms with Crippen molar-refractivity contribution < 1.29 is 22.6 Å². The van der Waals surface area contributed by atoms with Crippen molar-refractivity contribution in [1.29, 1.82) is 0 Å². The highest BCUT2D eigenvalue weighted by atomic mass is 19.4. The normalized spacial score (nSPS) is 11.5. The summed E-state index contributed by atoms with van der Waals surface area (Å²) in [5.74, 6) is 0.309. The number of nitrogens with zero attached hydrogens (tertiary/aromatic N) is 3. The van der Waals surface area contributed by atoms with Crippen LogP contribution in [0.4, 0.5) is 24.8 Å². The van der Waals surface area contributed by atoms with Gasteiger partial charge in [0.2, 0.25) is 11.8 Å². The Morgan fingerprint density at radius 2 is 1.96 bits per heavy atom. The quantitative estimate of drug-likeness (QED) is 0.773. The molecule has 0 unspecified atom stereocenters. The second-order valence-electron chi connectivity index (χ2n) is 5.85. The van der Waals surface area contributed by atoms with Crippen molar-refractivity contribution in [1.82, 2.24) is 9.97 Å². The van der Waals surface area contributed by atoms with E-state index in [4.69, 9.17) is 9.47 Å². The predicted octanol–water partition coefficient (Wildman–Crippen LogP) is 4.31. The first-order chi connectivity index (χ1) is 11.7. The molecule has 1 aromatic carbocycles. The summed E-state index contributed by atoms with van der Waals surface area (Å²) in [5.41, 5.74) is -0.315. The maximum absolute atomic E-state index is 13.1. The molecule has 0 aliphatic heterocycles. The Morgan fingerprint density at radius 1 is 1.24 bits per heavy atom. The third-order valence-electron chi connectivity index (χ3n) is 3.34. The Hall–Kier alpha value is -2.51. The largest absolute Gasteiger partial charge is 0.497 e. The van der Waals surface area contributed by atoms with Gasteiger partial charge in [-0.05, 0) is 18.1 Å². The molecule has 25 heavy (non-hydrogen) atoms. The van der Waals surface area contributed by atoms with Crippen LogP contribution in [0.5, 0.6) is 11.6 Å². The predicted molar refractivity (Wildman–Crippen MR) is 88.4 cm³/mol. The minimum atomic E-state index is -4.58. The first-order valence-corrected chi connectivity index (χ1v) is 7.67. The number of aromatic nitrogens is 2. The fourth-order valence-corrected chi connectivity index (χ4v) is 2.00. The molecular weight excluding hydrogens is 335 g/mol. The second-order valence-corrected chi connectivity index (χ2v) is 5.85. The van der Waals surface area contributed by atoms with Gasteiger partial charge in [0.1, 0.15) is 11.3 Å². The molecule has 0 atom stereocenters. The van der Waals surface area contributed by atoms with Gasteiger partial charge in [0, 0.05) is 25.0 Å². The number of rotatable bonds is 6. The van der Waals surface area contributed by atoms with Crippen LogP contribution in [-0.2, 0) is 6.18 Å². The number of benzene rings is 1. The number of ether oxygens (including phenoxy) is 2. The van der Waals surface area contributed by atoms with Crippen LogP contribution in [0.1, 0.15) is 19.4 Å². The molecule has 8 heteroatoms. The van der Waals surface area contributed by atoms with Crippen LogP contribution in [0.2, 0.25) is 0 Å². The van der Waals surface area contributed by atoms with Crippen molar-refractivity contribution in [2.45, 2.75) is 20.0 Å². The standard InChI is InChI=1S/C17H20F3N3O2/c1-11(2)10-25-15-14(17(18,19)20)9-21-16(22-15)23(3)12-6-5-7-13(8-12)24-4/h5-9,11H,10H2,1-4H3. The van der Waals surface area contributed by atoms with E-state index >= 15 is 0 Å². The van der Waals surface area contributed by atoms with Gasteiger partial charge in [-0.1, -0.05) is 19.9 Å². The second kappa shape index (κ2) is 7.58. The third kappa shape index (κ3) is 4.74. The maximum Gasteiger partial charge on any atom is 0.423 e. The number of halogens is 3. The first-order valence-electron chi connectivity index (χ1n) is 7.67. The van der Waals surface area contributed by atoms with Crippen molar-refractivity contribution in [3.05, 3.63) is 36.0 Å². The number of hydrogen-bond donors (Lipinski definition) is 0. The highest BCUT2D eigenvalue weighted by molar-refractivity contribution is 5.59. The smallest absolute Gasteiger partial charge is 0.423 e. The van der Waals surface area contributed by atoms with Gasteiger partial charge in [-0.2, -0.15) is 18.2 Å². The van der Waals surface area contributed by atoms with Crippen LogP contribution < -0.4 is 14.4 Å². The molecule has 2 aromatic rings. The van der Waals surface area contributed by atoms with Crippen molar-refractivity contribution in [2.75, 3.05) is 25.7 Å². The van der Waals surface area contributed by atoms with Gasteiger partial charge in [-0.15, -0.1) is 0 Å². The maximum atomic E-state index is 13.1. The Morgan fingerprint density at radius 3 is 2.56 bits per heavy atom. The Kier molecular flexibility index (Phi) is 5.71. The number of methoxy groups -OCH3 is 1. The lowest BCUT2D eigenvalue weighted by molar-refractivity contribution is -0.139. The highest BCUT2D eigenvalue weighted by Crippen LogP contribution is 2.36. The average Bonchev–Trinajstić information content (AvgIpc) is 2.58. The van der Waals surface area contributed by atoms with E-state index in [1.807, 2.05) is 13.8 Å². The van der Waals surface area contributed by atoms with E-state index in [0.717, 1.165) is 6.20 Å². The first kappa shape index (κ1) is 18.8. The van der Waals surface area contributed by atoms with E-state index in [-0.39, 0.29) is 18.5 Å². The SMILES string of the molecule is COc1cccc(N(C)c2ncc(C(F)(F)F)c(OCC(C)C)n2)c1. The van der Waals surface area contributed by atoms with E-state index in [1.165, 1.54) is 7.11 Å². The Labute approximate surface area is 144 Å². The van der Waals surface area contributed by atoms with Gasteiger partial charge in [0.05, 0.1) is 13.7 Å². The van der Waals surface area contributed by atoms with Crippen LogP contribution >= 0.6 is 0 Å². The molecule has 0 radical (unpaired) electrons. The van der Waals surface area contributed by atoms with Crippen molar-refractivity contribution in [3.63, 3.8) is 0 Å². The molecule has 0 bridgehead atoms. The number of alkyl halides is 3. The zero-order chi connectivity index (χ0) is 18.6. The number of hydrogen-bond acceptors (Lipinski definition) is 5. The Bertz CT molecular complexity index is 721. The molecule has 0 N–H and O–H groups in total. The molecular formula is C17H20F3N3O2. The van der Waals surface area contributed by atoms with Crippen LogP contribution in [-0.4, -0.2) is 30.7 Å². The molecule has 5 nitrogen and oxygen atoms in total. The van der Waals surface area contributed by atoms with E-state index in [1.54, 1.807) is 36.2 Å². The lowest BCUT2D eigenvalue weighted by Gasteiger charge is -2.20. The highest BCUT2D eigenvalue weighted by Gasteiger charge is 2.36. The third-order valence-corrected chi connectivity index (χ3v) is 3.34. The molecule has 1 aromatic heterocycles. The molecule has 0 saturated heterocycles. The summed E-state index contributed by atoms with van der Waals surface area (Å²) in [5, 5.41) is 0. The van der Waals surface area contributed by atoms with Gasteiger partial charge >= 0.3 is 6.18 Å². The summed E-state index contributed by atoms with van der Waals surface area (Å²) in [4.78, 5) is 9.37. The molecule has 0 aliphatic carbocycles. The lowest BCUT2D eigenvalue weighted by Crippen LogP contribution is -2.18. The van der Waals surface area contributed by atoms with E-state index in [0.29, 0.717) is 11.4 Å². The van der Waals surface area contributed by atoms with Crippen LogP contribution in [0.15, 0.2) is 30.5 Å². The van der Waals surface area contributed by atoms with Crippen molar-refractivity contribution >= 4 is 11.6 Å². The molecule has 1 heterocycles. The van der Waals surface area contributed by atoms with Crippen LogP contribution in [0, 0.1) is 5.92 Å². The lowest BCUT2D eigenvalue weighted by atomic mass is 10.2. The Balaban J connectivity index is 2.38. The fourth-order valence-electron chi connectivity index (χ4n) is 2.00. The van der Waals surface area contributed by atoms with Gasteiger partial charge in [0.15, 0.2) is 0 Å². The summed E-state index contributed by atoms with van der Waals surface area (Å²) in [6, 6.07) is 7.04. The summed E-state index contributed by atoms with van der Waals surface area (Å²) in [6.07, 6.45) is -3.84. The zero-order valence-electron chi connectivity index (χ0n) is 14.5. The average molecular weight is 355 g/mol. The molecule has 0 saturated carbocycles. The molecule has 136 valence electrons. The summed E-state index contributed by atoms with van der Waals surface area (Å²) >= 11 is 0. The van der Waals surface area contributed by atoms with Gasteiger partial charge in [0.25, 0.3) is 0 Å². The number of anilines is 2. The van der Waals surface area contributed by atoms with E-state index in [9.17, 15) is 13.2 Å². The van der Waals surface area contributed by atoms with Crippen LogP contribution in [0.25, 0.3) is 0 Å². The van der Waals surface area contributed by atoms with Crippen LogP contribution in [0.3, 0.4) is 0 Å². The minimum Gasteiger partial charge on any atom is -0.497 e. The molecule has 0 fully saturated rings. The van der Waals surface area contributed by atoms with Crippen molar-refractivity contribution in [2.24, 2.45) is 5.92 Å². The van der Waals surface area contributed by atoms with Gasteiger partial charge < -0.3 is 14.4 Å². The molecule has 0 amide bonds. The molecule has 0 aliphatic rings. The minimum absolute atomic E-state index is 0.0654. The van der Waals surface area contributed by atoms with E-state index < -0.39 is 17.6 Å². The molecule has 2 rings (SSSR count). The summed E-state index contributed by atoms with van der Waals surface area (Å²) in [6.45, 7) is 3.82. The van der Waals surface area contributed by atoms with Gasteiger partial charge in [-0.25, -0.2) is 4.98 Å². The monoisotopic (exact) mass is 355 g/mol. The van der Waals surface area contributed by atoms with Crippen molar-refractivity contribution in [3.8, 4) is 11.6 Å².